The van der Waals surface area contributed by atoms with Crippen molar-refractivity contribution in [3.05, 3.63) is 35.4 Å². The number of rotatable bonds is 4. The summed E-state index contributed by atoms with van der Waals surface area (Å²) in [6, 6.07) is 5.65. The van der Waals surface area contributed by atoms with Gasteiger partial charge in [-0.1, -0.05) is 25.0 Å². The molecule has 0 spiro atoms. The van der Waals surface area contributed by atoms with Crippen LogP contribution in [0.5, 0.6) is 0 Å². The topological polar surface area (TPSA) is 20.3 Å². The van der Waals surface area contributed by atoms with E-state index in [9.17, 15) is 18.0 Å². The monoisotopic (exact) mass is 311 g/mol. The zero-order valence-corrected chi connectivity index (χ0v) is 12.4. The quantitative estimate of drug-likeness (QED) is 0.817. The predicted octanol–water partition coefficient (Wildman–Crippen LogP) is 4.18. The Hall–Kier alpha value is -1.52. The van der Waals surface area contributed by atoms with E-state index in [-0.39, 0.29) is 12.3 Å². The van der Waals surface area contributed by atoms with Gasteiger partial charge < -0.3 is 4.90 Å². The molecule has 0 heterocycles. The molecule has 0 unspecified atom stereocenters. The molecule has 0 aromatic heterocycles. The highest BCUT2D eigenvalue weighted by atomic mass is 19.4. The number of benzene rings is 1. The molecule has 2 saturated carbocycles. The number of carbonyl (C=O) groups excluding carboxylic acids is 1. The first-order valence-corrected chi connectivity index (χ1v) is 7.92. The van der Waals surface area contributed by atoms with Crippen molar-refractivity contribution in [3.63, 3.8) is 0 Å². The van der Waals surface area contributed by atoms with Crippen LogP contribution in [0.4, 0.5) is 13.2 Å². The van der Waals surface area contributed by atoms with Crippen LogP contribution in [0.1, 0.15) is 49.7 Å². The molecule has 2 aliphatic carbocycles. The van der Waals surface area contributed by atoms with Crippen molar-refractivity contribution < 1.29 is 18.0 Å². The highest BCUT2D eigenvalue weighted by molar-refractivity contribution is 5.79. The Balaban J connectivity index is 1.67. The average molecular weight is 311 g/mol. The number of amides is 1. The number of alkyl halides is 3. The van der Waals surface area contributed by atoms with Crippen LogP contribution in [-0.2, 0) is 17.4 Å². The summed E-state index contributed by atoms with van der Waals surface area (Å²) in [5.74, 6) is 0.0640. The van der Waals surface area contributed by atoms with Gasteiger partial charge in [0.1, 0.15) is 0 Å². The Bertz CT molecular complexity index is 528. The first kappa shape index (κ1) is 15.4. The molecule has 22 heavy (non-hydrogen) atoms. The summed E-state index contributed by atoms with van der Waals surface area (Å²) >= 11 is 0. The molecular formula is C17H20F3NO. The van der Waals surface area contributed by atoms with Crippen molar-refractivity contribution in [1.29, 1.82) is 0 Å². The van der Waals surface area contributed by atoms with Gasteiger partial charge in [0.15, 0.2) is 0 Å². The molecule has 5 heteroatoms. The van der Waals surface area contributed by atoms with Crippen LogP contribution in [0.25, 0.3) is 0 Å². The maximum absolute atomic E-state index is 12.6. The summed E-state index contributed by atoms with van der Waals surface area (Å²) < 4.78 is 37.7. The summed E-state index contributed by atoms with van der Waals surface area (Å²) in [4.78, 5) is 14.6. The molecule has 3 rings (SSSR count). The predicted molar refractivity (Wildman–Crippen MR) is 77.3 cm³/mol. The number of carbonyl (C=O) groups is 1. The minimum absolute atomic E-state index is 0.0640. The summed E-state index contributed by atoms with van der Waals surface area (Å²) in [5, 5.41) is 0. The standard InChI is InChI=1S/C17H20F3NO/c18-17(19,20)13-7-5-12(6-8-13)11-16(22)21(15-9-10-15)14-3-1-2-4-14/h5-8,14-15H,1-4,9-11H2. The molecule has 2 nitrogen and oxygen atoms in total. The molecule has 0 aliphatic heterocycles. The first-order chi connectivity index (χ1) is 10.4. The van der Waals surface area contributed by atoms with Gasteiger partial charge in [0, 0.05) is 12.1 Å². The van der Waals surface area contributed by atoms with Gasteiger partial charge in [-0.05, 0) is 43.4 Å². The highest BCUT2D eigenvalue weighted by Gasteiger charge is 2.38. The zero-order valence-electron chi connectivity index (χ0n) is 12.4. The van der Waals surface area contributed by atoms with Crippen molar-refractivity contribution in [1.82, 2.24) is 4.90 Å². The van der Waals surface area contributed by atoms with Crippen molar-refractivity contribution in [2.75, 3.05) is 0 Å². The van der Waals surface area contributed by atoms with Crippen LogP contribution in [0, 0.1) is 0 Å². The number of nitrogens with zero attached hydrogens (tertiary/aromatic N) is 1. The van der Waals surface area contributed by atoms with Crippen molar-refractivity contribution in [3.8, 4) is 0 Å². The van der Waals surface area contributed by atoms with Crippen molar-refractivity contribution >= 4 is 5.91 Å². The Labute approximate surface area is 128 Å². The van der Waals surface area contributed by atoms with Crippen molar-refractivity contribution in [2.24, 2.45) is 0 Å². The van der Waals surface area contributed by atoms with E-state index in [4.69, 9.17) is 0 Å². The largest absolute Gasteiger partial charge is 0.416 e. The SMILES string of the molecule is O=C(Cc1ccc(C(F)(F)F)cc1)N(C1CCCC1)C1CC1. The molecule has 0 bridgehead atoms. The van der Waals surface area contributed by atoms with Gasteiger partial charge in [-0.15, -0.1) is 0 Å². The fourth-order valence-corrected chi connectivity index (χ4v) is 3.32. The Morgan fingerprint density at radius 3 is 2.05 bits per heavy atom. The maximum atomic E-state index is 12.6. The lowest BCUT2D eigenvalue weighted by Gasteiger charge is -2.29. The van der Waals surface area contributed by atoms with Crippen LogP contribution in [0.3, 0.4) is 0 Å². The van der Waals surface area contributed by atoms with E-state index in [1.165, 1.54) is 25.0 Å². The second-order valence-electron chi connectivity index (χ2n) is 6.34. The molecule has 1 aromatic rings. The van der Waals surface area contributed by atoms with Crippen LogP contribution < -0.4 is 0 Å². The van der Waals surface area contributed by atoms with Gasteiger partial charge >= 0.3 is 6.18 Å². The van der Waals surface area contributed by atoms with E-state index in [0.717, 1.165) is 37.8 Å². The third-order valence-corrected chi connectivity index (χ3v) is 4.58. The molecule has 1 amide bonds. The van der Waals surface area contributed by atoms with E-state index < -0.39 is 11.7 Å². The lowest BCUT2D eigenvalue weighted by Crippen LogP contribution is -2.41. The lowest BCUT2D eigenvalue weighted by molar-refractivity contribution is -0.137. The van der Waals surface area contributed by atoms with Crippen LogP contribution in [0.15, 0.2) is 24.3 Å². The molecule has 0 radical (unpaired) electrons. The molecule has 0 N–H and O–H groups in total. The lowest BCUT2D eigenvalue weighted by atomic mass is 10.1. The fraction of sp³-hybridized carbons (Fsp3) is 0.588. The minimum atomic E-state index is -4.33. The van der Waals surface area contributed by atoms with Gasteiger partial charge in [0.05, 0.1) is 12.0 Å². The molecule has 1 aromatic carbocycles. The minimum Gasteiger partial charge on any atom is -0.336 e. The fourth-order valence-electron chi connectivity index (χ4n) is 3.32. The molecule has 2 aliphatic rings. The second kappa shape index (κ2) is 5.94. The first-order valence-electron chi connectivity index (χ1n) is 7.92. The molecular weight excluding hydrogens is 291 g/mol. The summed E-state index contributed by atoms with van der Waals surface area (Å²) in [6.45, 7) is 0. The van der Waals surface area contributed by atoms with Gasteiger partial charge in [0.25, 0.3) is 0 Å². The smallest absolute Gasteiger partial charge is 0.336 e. The Morgan fingerprint density at radius 1 is 1.00 bits per heavy atom. The number of halogens is 3. The molecule has 0 atom stereocenters. The van der Waals surface area contributed by atoms with Gasteiger partial charge in [-0.25, -0.2) is 0 Å². The molecule has 2 fully saturated rings. The Morgan fingerprint density at radius 2 is 1.55 bits per heavy atom. The van der Waals surface area contributed by atoms with E-state index in [1.807, 2.05) is 4.90 Å². The van der Waals surface area contributed by atoms with Crippen molar-refractivity contribution in [2.45, 2.75) is 63.2 Å². The summed E-state index contributed by atoms with van der Waals surface area (Å²) in [5.41, 5.74) is -0.0137. The van der Waals surface area contributed by atoms with Gasteiger partial charge in [-0.3, -0.25) is 4.79 Å². The Kier molecular flexibility index (Phi) is 4.15. The van der Waals surface area contributed by atoms with Gasteiger partial charge in [0.2, 0.25) is 5.91 Å². The van der Waals surface area contributed by atoms with E-state index >= 15 is 0 Å². The summed E-state index contributed by atoms with van der Waals surface area (Å²) in [7, 11) is 0. The van der Waals surface area contributed by atoms with E-state index in [1.54, 1.807) is 0 Å². The van der Waals surface area contributed by atoms with Crippen LogP contribution >= 0.6 is 0 Å². The number of hydrogen-bond donors (Lipinski definition) is 0. The van der Waals surface area contributed by atoms with Crippen LogP contribution in [0.2, 0.25) is 0 Å². The third-order valence-electron chi connectivity index (χ3n) is 4.58. The average Bonchev–Trinajstić information content (AvgIpc) is 3.13. The van der Waals surface area contributed by atoms with E-state index in [2.05, 4.69) is 0 Å². The molecule has 120 valence electrons. The van der Waals surface area contributed by atoms with Crippen LogP contribution in [-0.4, -0.2) is 22.9 Å². The second-order valence-corrected chi connectivity index (χ2v) is 6.34. The third kappa shape index (κ3) is 3.45. The zero-order chi connectivity index (χ0) is 15.7. The van der Waals surface area contributed by atoms with E-state index in [0.29, 0.717) is 17.6 Å². The normalized spacial score (nSPS) is 19.4. The maximum Gasteiger partial charge on any atom is 0.416 e. The molecule has 0 saturated heterocycles. The van der Waals surface area contributed by atoms with Gasteiger partial charge in [-0.2, -0.15) is 13.2 Å². The summed E-state index contributed by atoms with van der Waals surface area (Å²) in [6.07, 6.45) is 2.47. The number of hydrogen-bond acceptors (Lipinski definition) is 1. The highest BCUT2D eigenvalue weighted by Crippen LogP contribution is 2.35.